The molecule has 3 N–H and O–H groups in total. The zero-order chi connectivity index (χ0) is 23.4. The molecule has 1 heterocycles. The summed E-state index contributed by atoms with van der Waals surface area (Å²) in [5.74, 6) is -0.0104. The Hall–Kier alpha value is -3.67. The van der Waals surface area contributed by atoms with Crippen molar-refractivity contribution in [2.24, 2.45) is 0 Å². The first-order valence-corrected chi connectivity index (χ1v) is 11.6. The first-order chi connectivity index (χ1) is 16.5. The number of aromatic nitrogens is 2. The minimum Gasteiger partial charge on any atom is -0.392 e. The van der Waals surface area contributed by atoms with Crippen molar-refractivity contribution >= 4 is 27.2 Å². The second-order valence-electron chi connectivity index (χ2n) is 9.43. The van der Waals surface area contributed by atoms with Gasteiger partial charge in [0, 0.05) is 43.2 Å². The lowest BCUT2D eigenvalue weighted by molar-refractivity contribution is -0.0793. The van der Waals surface area contributed by atoms with Gasteiger partial charge in [-0.1, -0.05) is 42.5 Å². The normalized spacial score (nSPS) is 22.1. The summed E-state index contributed by atoms with van der Waals surface area (Å²) in [5.41, 5.74) is 3.83. The molecule has 6 rings (SSSR count). The van der Waals surface area contributed by atoms with E-state index in [9.17, 15) is 10.2 Å². The molecular formula is C29H27N3O2. The fourth-order valence-corrected chi connectivity index (χ4v) is 5.29. The van der Waals surface area contributed by atoms with Crippen molar-refractivity contribution in [3.63, 3.8) is 0 Å². The Kier molecular flexibility index (Phi) is 4.90. The average molecular weight is 450 g/mol. The van der Waals surface area contributed by atoms with Gasteiger partial charge in [-0.3, -0.25) is 0 Å². The molecule has 0 radical (unpaired) electrons. The number of hydrogen-bond acceptors (Lipinski definition) is 4. The van der Waals surface area contributed by atoms with Crippen molar-refractivity contribution in [3.05, 3.63) is 96.3 Å². The summed E-state index contributed by atoms with van der Waals surface area (Å²) >= 11 is 0. The standard InChI is InChI=1S/C29H27N3O2/c1-32(2)21-12-10-17(11-13-21)29-30-16-24(31-29)26-27(33)25(28(26)34)22-9-5-8-20-14-18-6-3-4-7-19(18)15-23(20)22/h3-16,25-28,33-34H,1-2H3,(H,30,31). The zero-order valence-corrected chi connectivity index (χ0v) is 19.2. The monoisotopic (exact) mass is 449 g/mol. The number of rotatable bonds is 4. The molecule has 1 fully saturated rings. The zero-order valence-electron chi connectivity index (χ0n) is 19.2. The Bertz CT molecular complexity index is 1480. The van der Waals surface area contributed by atoms with Gasteiger partial charge in [-0.2, -0.15) is 0 Å². The van der Waals surface area contributed by atoms with E-state index < -0.39 is 18.1 Å². The molecule has 1 aliphatic rings. The molecular weight excluding hydrogens is 422 g/mol. The van der Waals surface area contributed by atoms with Gasteiger partial charge in [0.05, 0.1) is 18.1 Å². The minimum absolute atomic E-state index is 0.346. The Morgan fingerprint density at radius 3 is 2.15 bits per heavy atom. The molecule has 0 bridgehead atoms. The van der Waals surface area contributed by atoms with Crippen LogP contribution in [0.1, 0.15) is 23.1 Å². The molecule has 34 heavy (non-hydrogen) atoms. The third-order valence-electron chi connectivity index (χ3n) is 7.22. The van der Waals surface area contributed by atoms with Gasteiger partial charge in [-0.25, -0.2) is 4.98 Å². The van der Waals surface area contributed by atoms with Crippen molar-refractivity contribution in [1.29, 1.82) is 0 Å². The summed E-state index contributed by atoms with van der Waals surface area (Å²) in [6.07, 6.45) is 0.340. The van der Waals surface area contributed by atoms with Crippen LogP contribution < -0.4 is 4.90 Å². The molecule has 1 aromatic heterocycles. The summed E-state index contributed by atoms with van der Waals surface area (Å²) in [4.78, 5) is 9.90. The molecule has 5 aromatic rings. The van der Waals surface area contributed by atoms with Gasteiger partial charge in [0.15, 0.2) is 0 Å². The summed E-state index contributed by atoms with van der Waals surface area (Å²) in [6.45, 7) is 0. The average Bonchev–Trinajstić information content (AvgIpc) is 3.32. The van der Waals surface area contributed by atoms with Crippen LogP contribution in [-0.4, -0.2) is 46.5 Å². The van der Waals surface area contributed by atoms with E-state index in [0.29, 0.717) is 0 Å². The molecule has 0 amide bonds. The number of fused-ring (bicyclic) bond motifs is 2. The van der Waals surface area contributed by atoms with Gasteiger partial charge >= 0.3 is 0 Å². The van der Waals surface area contributed by atoms with Crippen molar-refractivity contribution in [2.75, 3.05) is 19.0 Å². The van der Waals surface area contributed by atoms with E-state index >= 15 is 0 Å². The molecule has 5 nitrogen and oxygen atoms in total. The molecule has 2 atom stereocenters. The Labute approximate surface area is 198 Å². The van der Waals surface area contributed by atoms with E-state index in [1.54, 1.807) is 6.20 Å². The molecule has 0 aliphatic heterocycles. The van der Waals surface area contributed by atoms with Crippen LogP contribution in [0.15, 0.2) is 85.1 Å². The highest BCUT2D eigenvalue weighted by Gasteiger charge is 2.51. The maximum atomic E-state index is 11.2. The molecule has 1 saturated carbocycles. The SMILES string of the molecule is CN(C)c1ccc(-c2ncc(C3C(O)C(c4cccc5cc6ccccc6cc45)C3O)[nH]2)cc1. The Morgan fingerprint density at radius 2 is 1.44 bits per heavy atom. The van der Waals surface area contributed by atoms with E-state index in [1.807, 2.05) is 62.6 Å². The number of aliphatic hydroxyl groups is 2. The number of anilines is 1. The van der Waals surface area contributed by atoms with Crippen LogP contribution in [0.3, 0.4) is 0 Å². The van der Waals surface area contributed by atoms with Crippen LogP contribution in [0.25, 0.3) is 32.9 Å². The van der Waals surface area contributed by atoms with Gasteiger partial charge in [0.2, 0.25) is 0 Å². The van der Waals surface area contributed by atoms with E-state index in [2.05, 4.69) is 45.2 Å². The first-order valence-electron chi connectivity index (χ1n) is 11.6. The number of hydrogen-bond donors (Lipinski definition) is 3. The second kappa shape index (κ2) is 7.97. The molecule has 5 heteroatoms. The van der Waals surface area contributed by atoms with Crippen LogP contribution in [0.5, 0.6) is 0 Å². The molecule has 1 aliphatic carbocycles. The van der Waals surface area contributed by atoms with E-state index in [4.69, 9.17) is 0 Å². The summed E-state index contributed by atoms with van der Waals surface area (Å²) in [5, 5.41) is 26.9. The fourth-order valence-electron chi connectivity index (χ4n) is 5.29. The Morgan fingerprint density at radius 1 is 0.765 bits per heavy atom. The van der Waals surface area contributed by atoms with Gasteiger partial charge in [0.1, 0.15) is 5.82 Å². The lowest BCUT2D eigenvalue weighted by Gasteiger charge is -2.46. The molecule has 0 saturated heterocycles. The number of benzene rings is 4. The summed E-state index contributed by atoms with van der Waals surface area (Å²) in [7, 11) is 4.02. The fraction of sp³-hybridized carbons (Fsp3) is 0.207. The first kappa shape index (κ1) is 20.9. The smallest absolute Gasteiger partial charge is 0.137 e. The third-order valence-corrected chi connectivity index (χ3v) is 7.22. The summed E-state index contributed by atoms with van der Waals surface area (Å²) in [6, 6.07) is 26.9. The third kappa shape index (κ3) is 3.28. The van der Waals surface area contributed by atoms with E-state index in [0.717, 1.165) is 44.5 Å². The highest BCUT2D eigenvalue weighted by molar-refractivity contribution is 6.00. The largest absolute Gasteiger partial charge is 0.392 e. The quantitative estimate of drug-likeness (QED) is 0.336. The van der Waals surface area contributed by atoms with Crippen molar-refractivity contribution < 1.29 is 10.2 Å². The number of aromatic amines is 1. The number of H-pyrrole nitrogens is 1. The van der Waals surface area contributed by atoms with Gasteiger partial charge in [-0.05, 0) is 63.5 Å². The number of aliphatic hydroxyl groups excluding tert-OH is 2. The number of nitrogens with one attached hydrogen (secondary N) is 1. The van der Waals surface area contributed by atoms with E-state index in [1.165, 1.54) is 5.39 Å². The predicted octanol–water partition coefficient (Wildman–Crippen LogP) is 5.05. The molecule has 170 valence electrons. The lowest BCUT2D eigenvalue weighted by atomic mass is 9.64. The van der Waals surface area contributed by atoms with Gasteiger partial charge in [0.25, 0.3) is 0 Å². The van der Waals surface area contributed by atoms with E-state index in [-0.39, 0.29) is 5.92 Å². The van der Waals surface area contributed by atoms with Crippen LogP contribution in [0, 0.1) is 0 Å². The maximum Gasteiger partial charge on any atom is 0.137 e. The lowest BCUT2D eigenvalue weighted by Crippen LogP contribution is -2.51. The van der Waals surface area contributed by atoms with Crippen molar-refractivity contribution in [3.8, 4) is 11.4 Å². The van der Waals surface area contributed by atoms with Crippen LogP contribution >= 0.6 is 0 Å². The van der Waals surface area contributed by atoms with Crippen molar-refractivity contribution in [1.82, 2.24) is 9.97 Å². The van der Waals surface area contributed by atoms with Crippen molar-refractivity contribution in [2.45, 2.75) is 24.0 Å². The highest BCUT2D eigenvalue weighted by atomic mass is 16.3. The minimum atomic E-state index is -0.698. The molecule has 4 aromatic carbocycles. The van der Waals surface area contributed by atoms with Crippen LogP contribution in [0.2, 0.25) is 0 Å². The molecule has 0 spiro atoms. The van der Waals surface area contributed by atoms with Gasteiger partial charge in [-0.15, -0.1) is 0 Å². The Balaban J connectivity index is 1.30. The predicted molar refractivity (Wildman–Crippen MR) is 137 cm³/mol. The molecule has 2 unspecified atom stereocenters. The van der Waals surface area contributed by atoms with Crippen LogP contribution in [-0.2, 0) is 0 Å². The summed E-state index contributed by atoms with van der Waals surface area (Å²) < 4.78 is 0. The maximum absolute atomic E-state index is 11.2. The number of imidazole rings is 1. The topological polar surface area (TPSA) is 72.4 Å². The number of nitrogens with zero attached hydrogens (tertiary/aromatic N) is 2. The second-order valence-corrected chi connectivity index (χ2v) is 9.43. The van der Waals surface area contributed by atoms with Crippen LogP contribution in [0.4, 0.5) is 5.69 Å². The van der Waals surface area contributed by atoms with Gasteiger partial charge < -0.3 is 20.1 Å². The highest BCUT2D eigenvalue weighted by Crippen LogP contribution is 2.49.